The second kappa shape index (κ2) is 7.06. The van der Waals surface area contributed by atoms with E-state index in [1.165, 1.54) is 0 Å². The van der Waals surface area contributed by atoms with Gasteiger partial charge in [-0.25, -0.2) is 9.48 Å². The van der Waals surface area contributed by atoms with Crippen molar-refractivity contribution >= 4 is 23.1 Å². The first-order chi connectivity index (χ1) is 13.1. The Hall–Kier alpha value is -2.24. The Bertz CT molecular complexity index is 881. The van der Waals surface area contributed by atoms with Crippen LogP contribution in [0.25, 0.3) is 0 Å². The highest BCUT2D eigenvalue weighted by Crippen LogP contribution is 2.39. The molecule has 2 aliphatic rings. The summed E-state index contributed by atoms with van der Waals surface area (Å²) >= 11 is 6.06. The second-order valence-corrected chi connectivity index (χ2v) is 7.41. The molecule has 0 aliphatic carbocycles. The summed E-state index contributed by atoms with van der Waals surface area (Å²) in [5.41, 5.74) is 0.725. The molecular formula is C21H24ClN2O3+. The number of amidine groups is 1. The SMILES string of the molecule is COc1ccc(C2(O)CN(c3ccc(Cl)cc3)C3=[N+]2CCCC3)cc1OC. The first-order valence-electron chi connectivity index (χ1n) is 9.18. The molecule has 5 nitrogen and oxygen atoms in total. The maximum atomic E-state index is 11.8. The van der Waals surface area contributed by atoms with Crippen LogP contribution in [0.3, 0.4) is 0 Å². The molecule has 2 aromatic carbocycles. The van der Waals surface area contributed by atoms with Crippen LogP contribution in [0.15, 0.2) is 42.5 Å². The predicted octanol–water partition coefficient (Wildman–Crippen LogP) is 3.62. The molecular weight excluding hydrogens is 364 g/mol. The molecule has 27 heavy (non-hydrogen) atoms. The lowest BCUT2D eigenvalue weighted by molar-refractivity contribution is -0.661. The van der Waals surface area contributed by atoms with Gasteiger partial charge in [-0.3, -0.25) is 0 Å². The van der Waals surface area contributed by atoms with Gasteiger partial charge in [0.1, 0.15) is 5.69 Å². The number of hydrogen-bond acceptors (Lipinski definition) is 4. The molecule has 0 amide bonds. The van der Waals surface area contributed by atoms with E-state index < -0.39 is 5.72 Å². The minimum absolute atomic E-state index is 0.458. The summed E-state index contributed by atoms with van der Waals surface area (Å²) in [7, 11) is 3.22. The number of hydrogen-bond donors (Lipinski definition) is 1. The van der Waals surface area contributed by atoms with Crippen molar-refractivity contribution in [2.75, 3.05) is 32.2 Å². The molecule has 0 radical (unpaired) electrons. The van der Waals surface area contributed by atoms with E-state index in [9.17, 15) is 5.11 Å². The molecule has 2 heterocycles. The average molecular weight is 388 g/mol. The first kappa shape index (κ1) is 18.1. The highest BCUT2D eigenvalue weighted by molar-refractivity contribution is 6.30. The standard InChI is InChI=1S/C21H24ClN2O3/c1-26-18-11-6-15(13-19(18)27-2)21(25)14-23(17-9-7-16(22)8-10-17)20-5-3-4-12-24(20)21/h6-11,13,25H,3-5,12,14H2,1-2H3/q+1. The highest BCUT2D eigenvalue weighted by Gasteiger charge is 2.52. The monoisotopic (exact) mass is 387 g/mol. The summed E-state index contributed by atoms with van der Waals surface area (Å²) < 4.78 is 12.9. The quantitative estimate of drug-likeness (QED) is 0.814. The summed E-state index contributed by atoms with van der Waals surface area (Å²) in [5.74, 6) is 2.42. The summed E-state index contributed by atoms with van der Waals surface area (Å²) in [6, 6.07) is 13.4. The molecule has 6 heteroatoms. The molecule has 0 bridgehead atoms. The van der Waals surface area contributed by atoms with E-state index in [1.54, 1.807) is 14.2 Å². The van der Waals surface area contributed by atoms with E-state index in [-0.39, 0.29) is 0 Å². The Balaban J connectivity index is 1.78. The Labute approximate surface area is 164 Å². The molecule has 0 aromatic heterocycles. The maximum absolute atomic E-state index is 11.8. The topological polar surface area (TPSA) is 44.9 Å². The molecule has 0 saturated carbocycles. The number of nitrogens with zero attached hydrogens (tertiary/aromatic N) is 2. The van der Waals surface area contributed by atoms with Crippen LogP contribution in [0, 0.1) is 0 Å². The normalized spacial score (nSPS) is 22.0. The van der Waals surface area contributed by atoms with Crippen molar-refractivity contribution in [3.8, 4) is 11.5 Å². The molecule has 1 N–H and O–H groups in total. The minimum atomic E-state index is -1.12. The number of aliphatic hydroxyl groups is 1. The van der Waals surface area contributed by atoms with Gasteiger partial charge in [-0.05, 0) is 55.3 Å². The lowest BCUT2D eigenvalue weighted by Crippen LogP contribution is -2.41. The number of β-amino-alcohol motifs (C(OH)–C–C–N with tert-alkyl or cyclic N) is 1. The van der Waals surface area contributed by atoms with Crippen molar-refractivity contribution in [1.82, 2.24) is 0 Å². The van der Waals surface area contributed by atoms with E-state index in [4.69, 9.17) is 21.1 Å². The van der Waals surface area contributed by atoms with Gasteiger partial charge < -0.3 is 14.6 Å². The molecule has 142 valence electrons. The number of halogens is 1. The zero-order valence-corrected chi connectivity index (χ0v) is 16.4. The van der Waals surface area contributed by atoms with E-state index in [0.717, 1.165) is 42.9 Å². The van der Waals surface area contributed by atoms with Gasteiger partial charge in [-0.1, -0.05) is 11.6 Å². The summed E-state index contributed by atoms with van der Waals surface area (Å²) in [5, 5.41) is 12.5. The van der Waals surface area contributed by atoms with Gasteiger partial charge in [0.15, 0.2) is 18.0 Å². The van der Waals surface area contributed by atoms with Crippen LogP contribution in [0.5, 0.6) is 11.5 Å². The molecule has 2 aliphatic heterocycles. The summed E-state index contributed by atoms with van der Waals surface area (Å²) in [6.45, 7) is 1.28. The lowest BCUT2D eigenvalue weighted by Gasteiger charge is -2.25. The number of benzene rings is 2. The fourth-order valence-corrected chi connectivity index (χ4v) is 4.21. The molecule has 4 rings (SSSR count). The van der Waals surface area contributed by atoms with Crippen molar-refractivity contribution in [2.24, 2.45) is 0 Å². The van der Waals surface area contributed by atoms with Gasteiger partial charge in [-0.2, -0.15) is 0 Å². The molecule has 0 spiro atoms. The van der Waals surface area contributed by atoms with E-state index >= 15 is 0 Å². The van der Waals surface area contributed by atoms with Crippen molar-refractivity contribution in [3.05, 3.63) is 53.1 Å². The number of anilines is 1. The van der Waals surface area contributed by atoms with Crippen LogP contribution in [0.2, 0.25) is 5.02 Å². The summed E-state index contributed by atoms with van der Waals surface area (Å²) in [4.78, 5) is 2.20. The van der Waals surface area contributed by atoms with E-state index in [0.29, 0.717) is 23.1 Å². The Kier molecular flexibility index (Phi) is 4.74. The Morgan fingerprint density at radius 1 is 1.04 bits per heavy atom. The number of rotatable bonds is 4. The van der Waals surface area contributed by atoms with Crippen LogP contribution >= 0.6 is 11.6 Å². The summed E-state index contributed by atoms with van der Waals surface area (Å²) in [6.07, 6.45) is 3.13. The fourth-order valence-electron chi connectivity index (χ4n) is 4.09. The van der Waals surface area contributed by atoms with E-state index in [1.807, 2.05) is 42.5 Å². The van der Waals surface area contributed by atoms with Crippen LogP contribution in [0.1, 0.15) is 24.8 Å². The largest absolute Gasteiger partial charge is 0.493 e. The smallest absolute Gasteiger partial charge is 0.271 e. The zero-order valence-electron chi connectivity index (χ0n) is 15.6. The lowest BCUT2D eigenvalue weighted by atomic mass is 10.0. The van der Waals surface area contributed by atoms with Crippen LogP contribution < -0.4 is 14.4 Å². The van der Waals surface area contributed by atoms with Crippen LogP contribution in [0.4, 0.5) is 5.69 Å². The van der Waals surface area contributed by atoms with Crippen molar-refractivity contribution in [2.45, 2.75) is 25.0 Å². The van der Waals surface area contributed by atoms with Crippen molar-refractivity contribution in [3.63, 3.8) is 0 Å². The van der Waals surface area contributed by atoms with Gasteiger partial charge >= 0.3 is 0 Å². The molecule has 0 saturated heterocycles. The van der Waals surface area contributed by atoms with Crippen LogP contribution in [-0.4, -0.2) is 42.8 Å². The highest BCUT2D eigenvalue weighted by atomic mass is 35.5. The third-order valence-electron chi connectivity index (χ3n) is 5.46. The van der Waals surface area contributed by atoms with Gasteiger partial charge in [-0.15, -0.1) is 0 Å². The fraction of sp³-hybridized carbons (Fsp3) is 0.381. The minimum Gasteiger partial charge on any atom is -0.493 e. The second-order valence-electron chi connectivity index (χ2n) is 6.97. The van der Waals surface area contributed by atoms with Crippen LogP contribution in [-0.2, 0) is 5.72 Å². The van der Waals surface area contributed by atoms with Gasteiger partial charge in [0.25, 0.3) is 11.6 Å². The van der Waals surface area contributed by atoms with Gasteiger partial charge in [0.05, 0.1) is 20.8 Å². The molecule has 0 fully saturated rings. The predicted molar refractivity (Wildman–Crippen MR) is 106 cm³/mol. The molecule has 1 unspecified atom stereocenters. The van der Waals surface area contributed by atoms with Crippen molar-refractivity contribution in [1.29, 1.82) is 0 Å². The van der Waals surface area contributed by atoms with Crippen molar-refractivity contribution < 1.29 is 19.2 Å². The Morgan fingerprint density at radius 2 is 1.78 bits per heavy atom. The number of ether oxygens (including phenoxy) is 2. The number of methoxy groups -OCH3 is 2. The first-order valence-corrected chi connectivity index (χ1v) is 9.56. The maximum Gasteiger partial charge on any atom is 0.271 e. The third kappa shape index (κ3) is 3.05. The van der Waals surface area contributed by atoms with E-state index in [2.05, 4.69) is 9.48 Å². The third-order valence-corrected chi connectivity index (χ3v) is 5.72. The van der Waals surface area contributed by atoms with Gasteiger partial charge in [0, 0.05) is 17.0 Å². The molecule has 1 atom stereocenters. The average Bonchev–Trinajstić information content (AvgIpc) is 3.02. The van der Waals surface area contributed by atoms with Gasteiger partial charge in [0.2, 0.25) is 0 Å². The Morgan fingerprint density at radius 3 is 2.48 bits per heavy atom. The molecule has 2 aromatic rings. The zero-order chi connectivity index (χ0) is 19.0.